The Bertz CT molecular complexity index is 566. The highest BCUT2D eigenvalue weighted by molar-refractivity contribution is 9.10. The molecule has 1 unspecified atom stereocenters. The van der Waals surface area contributed by atoms with Crippen LogP contribution in [0.3, 0.4) is 0 Å². The quantitative estimate of drug-likeness (QED) is 0.829. The molecule has 3 nitrogen and oxygen atoms in total. The molecule has 0 heterocycles. The van der Waals surface area contributed by atoms with E-state index in [1.54, 1.807) is 0 Å². The van der Waals surface area contributed by atoms with Gasteiger partial charge in [0.25, 0.3) is 0 Å². The van der Waals surface area contributed by atoms with E-state index < -0.39 is 10.0 Å². The fourth-order valence-electron chi connectivity index (χ4n) is 1.34. The van der Waals surface area contributed by atoms with Crippen LogP contribution in [0, 0.1) is 12.3 Å². The third-order valence-corrected chi connectivity index (χ3v) is 5.11. The third-order valence-electron chi connectivity index (χ3n) is 2.38. The number of halogens is 2. The summed E-state index contributed by atoms with van der Waals surface area (Å²) in [6.45, 7) is 1.88. The van der Waals surface area contributed by atoms with Crippen LogP contribution in [-0.2, 0) is 10.0 Å². The van der Waals surface area contributed by atoms with Crippen molar-refractivity contribution in [1.82, 2.24) is 4.72 Å². The molecule has 1 rings (SSSR count). The van der Waals surface area contributed by atoms with E-state index in [1.807, 2.05) is 6.92 Å². The van der Waals surface area contributed by atoms with Crippen LogP contribution in [0.1, 0.15) is 19.8 Å². The van der Waals surface area contributed by atoms with E-state index >= 15 is 0 Å². The van der Waals surface area contributed by atoms with Crippen LogP contribution >= 0.6 is 27.5 Å². The van der Waals surface area contributed by atoms with Gasteiger partial charge in [0, 0.05) is 16.9 Å². The van der Waals surface area contributed by atoms with Crippen LogP contribution in [0.15, 0.2) is 27.6 Å². The van der Waals surface area contributed by atoms with Crippen LogP contribution in [0.4, 0.5) is 0 Å². The lowest BCUT2D eigenvalue weighted by atomic mass is 10.2. The van der Waals surface area contributed by atoms with Crippen molar-refractivity contribution in [3.05, 3.63) is 27.7 Å². The number of nitrogens with one attached hydrogen (secondary N) is 1. The van der Waals surface area contributed by atoms with Crippen LogP contribution in [0.2, 0.25) is 5.02 Å². The van der Waals surface area contributed by atoms with Crippen molar-refractivity contribution in [1.29, 1.82) is 0 Å². The highest BCUT2D eigenvalue weighted by atomic mass is 79.9. The summed E-state index contributed by atoms with van der Waals surface area (Å²) in [7, 11) is -3.57. The lowest BCUT2D eigenvalue weighted by Crippen LogP contribution is -2.34. The van der Waals surface area contributed by atoms with Gasteiger partial charge in [0.2, 0.25) is 10.0 Å². The first kappa shape index (κ1) is 15.5. The lowest BCUT2D eigenvalue weighted by molar-refractivity contribution is 0.544. The molecule has 0 aromatic heterocycles. The predicted octanol–water partition coefficient (Wildman–Crippen LogP) is 3.18. The van der Waals surface area contributed by atoms with Gasteiger partial charge in [-0.25, -0.2) is 13.1 Å². The SMILES string of the molecule is C#CCC(CC)NS(=O)(=O)c1ccc(Cl)c(Br)c1. The third kappa shape index (κ3) is 3.99. The van der Waals surface area contributed by atoms with E-state index in [1.165, 1.54) is 18.2 Å². The van der Waals surface area contributed by atoms with Crippen molar-refractivity contribution in [2.45, 2.75) is 30.7 Å². The van der Waals surface area contributed by atoms with Gasteiger partial charge in [0.05, 0.1) is 9.92 Å². The fourth-order valence-corrected chi connectivity index (χ4v) is 3.34. The van der Waals surface area contributed by atoms with E-state index in [0.29, 0.717) is 22.3 Å². The second kappa shape index (κ2) is 6.58. The van der Waals surface area contributed by atoms with Crippen molar-refractivity contribution in [2.75, 3.05) is 0 Å². The average Bonchev–Trinajstić information content (AvgIpc) is 2.31. The summed E-state index contributed by atoms with van der Waals surface area (Å²) in [5, 5.41) is 0.463. The van der Waals surface area contributed by atoms with Gasteiger partial charge in [-0.2, -0.15) is 0 Å². The largest absolute Gasteiger partial charge is 0.240 e. The van der Waals surface area contributed by atoms with Crippen molar-refractivity contribution in [3.8, 4) is 12.3 Å². The summed E-state index contributed by atoms with van der Waals surface area (Å²) in [5.41, 5.74) is 0. The van der Waals surface area contributed by atoms with Crippen LogP contribution in [0.25, 0.3) is 0 Å². The van der Waals surface area contributed by atoms with Gasteiger partial charge in [0.15, 0.2) is 0 Å². The van der Waals surface area contributed by atoms with E-state index in [9.17, 15) is 8.42 Å². The van der Waals surface area contributed by atoms with Gasteiger partial charge in [-0.3, -0.25) is 0 Å². The monoisotopic (exact) mass is 349 g/mol. The first-order chi connectivity index (χ1) is 8.40. The van der Waals surface area contributed by atoms with Crippen molar-refractivity contribution < 1.29 is 8.42 Å². The normalized spacial score (nSPS) is 13.0. The maximum Gasteiger partial charge on any atom is 0.240 e. The maximum atomic E-state index is 12.1. The molecule has 18 heavy (non-hydrogen) atoms. The Labute approximate surface area is 121 Å². The molecule has 0 aliphatic carbocycles. The van der Waals surface area contributed by atoms with Crippen molar-refractivity contribution >= 4 is 37.6 Å². The Balaban J connectivity index is 2.99. The lowest BCUT2D eigenvalue weighted by Gasteiger charge is -2.14. The molecule has 1 aromatic rings. The molecule has 0 bridgehead atoms. The van der Waals surface area contributed by atoms with E-state index in [2.05, 4.69) is 26.6 Å². The summed E-state index contributed by atoms with van der Waals surface area (Å²) in [4.78, 5) is 0.161. The average molecular weight is 351 g/mol. The highest BCUT2D eigenvalue weighted by Crippen LogP contribution is 2.25. The Morgan fingerprint density at radius 2 is 2.22 bits per heavy atom. The first-order valence-corrected chi connectivity index (χ1v) is 7.97. The number of hydrogen-bond acceptors (Lipinski definition) is 2. The maximum absolute atomic E-state index is 12.1. The standard InChI is InChI=1S/C12H13BrClNO2S/c1-3-5-9(4-2)15-18(16,17)10-6-7-12(14)11(13)8-10/h1,6-9,15H,4-5H2,2H3. The van der Waals surface area contributed by atoms with Gasteiger partial charge < -0.3 is 0 Å². The molecule has 0 aliphatic rings. The molecule has 1 atom stereocenters. The predicted molar refractivity (Wildman–Crippen MR) is 77.0 cm³/mol. The smallest absolute Gasteiger partial charge is 0.207 e. The van der Waals surface area contributed by atoms with Crippen LogP contribution < -0.4 is 4.72 Å². The molecule has 0 radical (unpaired) electrons. The molecule has 0 saturated carbocycles. The van der Waals surface area contributed by atoms with Crippen molar-refractivity contribution in [3.63, 3.8) is 0 Å². The number of terminal acetylenes is 1. The summed E-state index contributed by atoms with van der Waals surface area (Å²) < 4.78 is 27.3. The van der Waals surface area contributed by atoms with E-state index in [0.717, 1.165) is 0 Å². The zero-order chi connectivity index (χ0) is 13.8. The number of hydrogen-bond donors (Lipinski definition) is 1. The summed E-state index contributed by atoms with van der Waals surface area (Å²) in [6.07, 6.45) is 6.20. The van der Waals surface area contributed by atoms with Crippen LogP contribution in [-0.4, -0.2) is 14.5 Å². The number of rotatable bonds is 5. The molecule has 1 aromatic carbocycles. The molecule has 0 aliphatic heterocycles. The molecule has 1 N–H and O–H groups in total. The number of sulfonamides is 1. The Morgan fingerprint density at radius 1 is 1.56 bits per heavy atom. The number of benzene rings is 1. The van der Waals surface area contributed by atoms with Gasteiger partial charge in [0.1, 0.15) is 0 Å². The molecule has 0 amide bonds. The van der Waals surface area contributed by atoms with E-state index in [4.69, 9.17) is 18.0 Å². The van der Waals surface area contributed by atoms with Gasteiger partial charge in [-0.05, 0) is 40.5 Å². The van der Waals surface area contributed by atoms with Crippen LogP contribution in [0.5, 0.6) is 0 Å². The summed E-state index contributed by atoms with van der Waals surface area (Å²) in [6, 6.07) is 4.20. The summed E-state index contributed by atoms with van der Waals surface area (Å²) in [5.74, 6) is 2.46. The van der Waals surface area contributed by atoms with E-state index in [-0.39, 0.29) is 10.9 Å². The minimum atomic E-state index is -3.57. The topological polar surface area (TPSA) is 46.2 Å². The van der Waals surface area contributed by atoms with Crippen molar-refractivity contribution in [2.24, 2.45) is 0 Å². The molecule has 6 heteroatoms. The zero-order valence-electron chi connectivity index (χ0n) is 9.78. The second-order valence-electron chi connectivity index (χ2n) is 3.71. The molecule has 0 spiro atoms. The van der Waals surface area contributed by atoms with Gasteiger partial charge >= 0.3 is 0 Å². The molecule has 98 valence electrons. The Morgan fingerprint density at radius 3 is 2.72 bits per heavy atom. The Hall–Kier alpha value is -0.540. The van der Waals surface area contributed by atoms with Gasteiger partial charge in [-0.1, -0.05) is 18.5 Å². The zero-order valence-corrected chi connectivity index (χ0v) is 12.9. The molecule has 0 fully saturated rings. The molecule has 0 saturated heterocycles. The minimum absolute atomic E-state index is 0.161. The molecular formula is C12H13BrClNO2S. The fraction of sp³-hybridized carbons (Fsp3) is 0.333. The second-order valence-corrected chi connectivity index (χ2v) is 6.69. The van der Waals surface area contributed by atoms with Gasteiger partial charge in [-0.15, -0.1) is 12.3 Å². The Kier molecular flexibility index (Phi) is 5.67. The highest BCUT2D eigenvalue weighted by Gasteiger charge is 2.19. The molecular weight excluding hydrogens is 338 g/mol. The minimum Gasteiger partial charge on any atom is -0.207 e. The first-order valence-electron chi connectivity index (χ1n) is 5.31. The summed E-state index contributed by atoms with van der Waals surface area (Å²) >= 11 is 9.02.